The number of furan rings is 1. The molecule has 7 nitrogen and oxygen atoms in total. The number of carbonyl (C=O) groups excluding carboxylic acids is 1. The largest absolute Gasteiger partial charge is 0.854 e. The summed E-state index contributed by atoms with van der Waals surface area (Å²) < 4.78 is 7.78. The highest BCUT2D eigenvalue weighted by Gasteiger charge is 2.46. The second-order valence-corrected chi connectivity index (χ2v) is 8.57. The highest BCUT2D eigenvalue weighted by Crippen LogP contribution is 2.42. The van der Waals surface area contributed by atoms with Crippen molar-refractivity contribution in [2.24, 2.45) is 0 Å². The Labute approximate surface area is 199 Å². The molecule has 0 saturated heterocycles. The Morgan fingerprint density at radius 2 is 1.88 bits per heavy atom. The summed E-state index contributed by atoms with van der Waals surface area (Å²) in [5, 5.41) is 18.5. The molecule has 0 radical (unpaired) electrons. The second kappa shape index (κ2) is 8.53. The maximum Gasteiger partial charge on any atom is 0.325 e. The number of fused-ring (bicyclic) bond motifs is 3. The predicted octanol–water partition coefficient (Wildman–Crippen LogP) is 4.44. The van der Waals surface area contributed by atoms with Crippen molar-refractivity contribution in [1.29, 1.82) is 0 Å². The van der Waals surface area contributed by atoms with E-state index in [2.05, 4.69) is 10.1 Å². The van der Waals surface area contributed by atoms with Crippen LogP contribution in [0.2, 0.25) is 5.02 Å². The van der Waals surface area contributed by atoms with Crippen LogP contribution in [0.15, 0.2) is 70.2 Å². The lowest BCUT2D eigenvalue weighted by atomic mass is 10.0. The normalized spacial score (nSPS) is 14.6. The van der Waals surface area contributed by atoms with Crippen LogP contribution in [0.5, 0.6) is 5.88 Å². The van der Waals surface area contributed by atoms with Gasteiger partial charge in [-0.1, -0.05) is 54.6 Å². The molecule has 1 aliphatic rings. The molecule has 3 heterocycles. The first-order chi connectivity index (χ1) is 16.0. The van der Waals surface area contributed by atoms with Gasteiger partial charge in [-0.3, -0.25) is 4.79 Å². The summed E-state index contributed by atoms with van der Waals surface area (Å²) in [6.45, 7) is 1.80. The van der Waals surface area contributed by atoms with Crippen molar-refractivity contribution in [3.8, 4) is 28.5 Å². The summed E-state index contributed by atoms with van der Waals surface area (Å²) >= 11 is 7.63. The monoisotopic (exact) mass is 478 g/mol. The molecule has 2 aromatic heterocycles. The van der Waals surface area contributed by atoms with Crippen LogP contribution in [-0.2, 0) is 4.79 Å². The summed E-state index contributed by atoms with van der Waals surface area (Å²) in [5.41, 5.74) is 2.26. The number of nitrogens with zero attached hydrogens (tertiary/aromatic N) is 4. The molecule has 4 aromatic rings. The van der Waals surface area contributed by atoms with Crippen molar-refractivity contribution >= 4 is 35.0 Å². The van der Waals surface area contributed by atoms with Crippen LogP contribution < -0.4 is 14.7 Å². The van der Waals surface area contributed by atoms with Crippen molar-refractivity contribution in [3.63, 3.8) is 0 Å². The van der Waals surface area contributed by atoms with Gasteiger partial charge in [0.25, 0.3) is 10.9 Å². The van der Waals surface area contributed by atoms with E-state index in [4.69, 9.17) is 16.0 Å². The van der Waals surface area contributed by atoms with Gasteiger partial charge in [-0.15, -0.1) is 0 Å². The lowest BCUT2D eigenvalue weighted by molar-refractivity contribution is -0.765. The van der Waals surface area contributed by atoms with Gasteiger partial charge < -0.3 is 9.52 Å². The number of hydrogen-bond acceptors (Lipinski definition) is 6. The second-order valence-electron chi connectivity index (χ2n) is 7.39. The molecule has 0 spiro atoms. The number of amides is 1. The maximum absolute atomic E-state index is 13.2. The van der Waals surface area contributed by atoms with E-state index in [9.17, 15) is 9.90 Å². The number of halogens is 1. The smallest absolute Gasteiger partial charge is 0.325 e. The van der Waals surface area contributed by atoms with Crippen LogP contribution in [0.25, 0.3) is 22.6 Å². The molecule has 33 heavy (non-hydrogen) atoms. The Kier molecular flexibility index (Phi) is 5.55. The van der Waals surface area contributed by atoms with E-state index >= 15 is 0 Å². The summed E-state index contributed by atoms with van der Waals surface area (Å²) in [4.78, 5) is 19.0. The summed E-state index contributed by atoms with van der Waals surface area (Å²) in [5.74, 6) is 0.478. The molecule has 1 unspecified atom stereocenters. The minimum atomic E-state index is -0.791. The third-order valence-corrected chi connectivity index (χ3v) is 6.36. The molecular weight excluding hydrogens is 460 g/mol. The van der Waals surface area contributed by atoms with Crippen LogP contribution in [0, 0.1) is 0 Å². The highest BCUT2D eigenvalue weighted by molar-refractivity contribution is 7.98. The summed E-state index contributed by atoms with van der Waals surface area (Å²) in [7, 11) is 0. The number of carbonyl (C=O) groups is 1. The van der Waals surface area contributed by atoms with Crippen molar-refractivity contribution < 1.29 is 19.0 Å². The number of thioether (sulfide) groups is 1. The van der Waals surface area contributed by atoms with Gasteiger partial charge in [0.2, 0.25) is 5.91 Å². The molecule has 5 rings (SSSR count). The molecule has 0 N–H and O–H groups in total. The van der Waals surface area contributed by atoms with E-state index in [1.165, 1.54) is 11.8 Å². The summed E-state index contributed by atoms with van der Waals surface area (Å²) in [6, 6.07) is 18.2. The molecule has 0 aliphatic carbocycles. The number of anilines is 1. The van der Waals surface area contributed by atoms with Gasteiger partial charge in [0.15, 0.2) is 5.76 Å². The maximum atomic E-state index is 13.2. The number of benzene rings is 2. The Morgan fingerprint density at radius 1 is 1.15 bits per heavy atom. The zero-order valence-electron chi connectivity index (χ0n) is 17.9. The fourth-order valence-corrected chi connectivity index (χ4v) is 4.59. The molecule has 1 atom stereocenters. The zero-order chi connectivity index (χ0) is 23.1. The van der Waals surface area contributed by atoms with Gasteiger partial charge >= 0.3 is 6.17 Å². The molecule has 9 heteroatoms. The van der Waals surface area contributed by atoms with Crippen LogP contribution in [-0.4, -0.2) is 22.2 Å². The Hall–Kier alpha value is -3.36. The van der Waals surface area contributed by atoms with Crippen LogP contribution in [0.1, 0.15) is 25.3 Å². The van der Waals surface area contributed by atoms with Crippen molar-refractivity contribution in [2.45, 2.75) is 24.7 Å². The van der Waals surface area contributed by atoms with Gasteiger partial charge in [-0.25, -0.2) is 9.88 Å². The molecule has 2 aromatic carbocycles. The number of rotatable bonds is 4. The van der Waals surface area contributed by atoms with Crippen molar-refractivity contribution in [3.05, 3.63) is 71.4 Å². The zero-order valence-corrected chi connectivity index (χ0v) is 19.4. The summed E-state index contributed by atoms with van der Waals surface area (Å²) in [6.07, 6.45) is 1.27. The molecule has 1 amide bonds. The molecule has 0 saturated carbocycles. The fourth-order valence-electron chi connectivity index (χ4n) is 4.02. The topological polar surface area (TPSA) is 86.2 Å². The van der Waals surface area contributed by atoms with Gasteiger partial charge in [-0.05, 0) is 47.3 Å². The number of aromatic nitrogens is 3. The molecule has 1 aliphatic heterocycles. The van der Waals surface area contributed by atoms with Crippen molar-refractivity contribution in [2.75, 3.05) is 11.2 Å². The van der Waals surface area contributed by atoms with E-state index in [-0.39, 0.29) is 12.3 Å². The number of para-hydroxylation sites is 1. The van der Waals surface area contributed by atoms with Crippen LogP contribution in [0.3, 0.4) is 0 Å². The highest BCUT2D eigenvalue weighted by atomic mass is 35.5. The van der Waals surface area contributed by atoms with Gasteiger partial charge in [-0.2, -0.15) is 0 Å². The van der Waals surface area contributed by atoms with E-state index in [0.29, 0.717) is 38.6 Å². The first kappa shape index (κ1) is 21.5. The molecule has 0 fully saturated rings. The van der Waals surface area contributed by atoms with Gasteiger partial charge in [0, 0.05) is 17.1 Å². The van der Waals surface area contributed by atoms with E-state index < -0.39 is 12.0 Å². The Bertz CT molecular complexity index is 1370. The van der Waals surface area contributed by atoms with Crippen LogP contribution >= 0.6 is 23.4 Å². The fraction of sp³-hybridized carbons (Fsp3) is 0.167. The number of hydrogen-bond donors (Lipinski definition) is 0. The molecule has 0 bridgehead atoms. The average Bonchev–Trinajstić information content (AvgIpc) is 3.32. The molecular formula is C24H19ClN4O3S. The van der Waals surface area contributed by atoms with E-state index in [0.717, 1.165) is 5.56 Å². The van der Waals surface area contributed by atoms with Gasteiger partial charge in [0.1, 0.15) is 5.76 Å². The van der Waals surface area contributed by atoms with E-state index in [1.54, 1.807) is 47.0 Å². The average molecular weight is 479 g/mol. The first-order valence-corrected chi connectivity index (χ1v) is 11.9. The third-order valence-electron chi connectivity index (χ3n) is 5.49. The first-order valence-electron chi connectivity index (χ1n) is 10.3. The predicted molar refractivity (Wildman–Crippen MR) is 124 cm³/mol. The lowest BCUT2D eigenvalue weighted by Crippen LogP contribution is -2.59. The quantitative estimate of drug-likeness (QED) is 0.318. The van der Waals surface area contributed by atoms with Crippen LogP contribution in [0.4, 0.5) is 5.69 Å². The standard InChI is InChI=1S/C24H19ClN4O3S/c1-3-20(30)28-17-11-7-5-9-15(17)21-22(31)26-24(33-2)27-29(21)23(28)19-13-12-18(32-19)14-8-4-6-10-16(14)25/h4-13,23H,3H2,1-2H3. The molecule has 166 valence electrons. The van der Waals surface area contributed by atoms with Crippen molar-refractivity contribution in [1.82, 2.24) is 10.1 Å². The minimum absolute atomic E-state index is 0.127. The van der Waals surface area contributed by atoms with Gasteiger partial charge in [0.05, 0.1) is 22.2 Å². The third kappa shape index (κ3) is 3.55. The SMILES string of the molecule is CCC(=O)N1c2ccccc2-c2c([O-])nc(SC)n[n+]2C1c1ccc(-c2ccccc2Cl)o1. The Balaban J connectivity index is 1.76. The lowest BCUT2D eigenvalue weighted by Gasteiger charge is -2.32. The minimum Gasteiger partial charge on any atom is -0.854 e. The van der Waals surface area contributed by atoms with E-state index in [1.807, 2.05) is 36.4 Å². The Morgan fingerprint density at radius 3 is 2.61 bits per heavy atom.